The number of carbonyl (C=O) groups is 2. The summed E-state index contributed by atoms with van der Waals surface area (Å²) in [5, 5.41) is 0. The maximum atomic E-state index is 11.9. The Morgan fingerprint density at radius 2 is 1.67 bits per heavy atom. The van der Waals surface area contributed by atoms with Gasteiger partial charge >= 0.3 is 0 Å². The third-order valence-corrected chi connectivity index (χ3v) is 2.33. The molecule has 1 aromatic rings. The summed E-state index contributed by atoms with van der Waals surface area (Å²) in [5.74, 6) is -0.00699. The van der Waals surface area contributed by atoms with Crippen molar-refractivity contribution in [2.24, 2.45) is 0 Å². The topological polar surface area (TPSA) is 68.7 Å². The SMILES string of the molecule is COc1cc(C(=O)CC(=O)N(C)C)cc(OC)n1. The summed E-state index contributed by atoms with van der Waals surface area (Å²) in [4.78, 5) is 28.7. The lowest BCUT2D eigenvalue weighted by atomic mass is 10.1. The van der Waals surface area contributed by atoms with Crippen molar-refractivity contribution in [3.8, 4) is 11.8 Å². The first kappa shape index (κ1) is 14.0. The van der Waals surface area contributed by atoms with Gasteiger partial charge in [-0.15, -0.1) is 0 Å². The lowest BCUT2D eigenvalue weighted by Crippen LogP contribution is -2.24. The highest BCUT2D eigenvalue weighted by Gasteiger charge is 2.15. The predicted molar refractivity (Wildman–Crippen MR) is 65.0 cm³/mol. The van der Waals surface area contributed by atoms with Gasteiger partial charge in [-0.1, -0.05) is 0 Å². The summed E-state index contributed by atoms with van der Waals surface area (Å²) in [6, 6.07) is 2.96. The molecule has 0 aliphatic carbocycles. The monoisotopic (exact) mass is 252 g/mol. The Labute approximate surface area is 106 Å². The summed E-state index contributed by atoms with van der Waals surface area (Å²) < 4.78 is 9.92. The number of ether oxygens (including phenoxy) is 2. The summed E-state index contributed by atoms with van der Waals surface area (Å²) in [5.41, 5.74) is 0.342. The van der Waals surface area contributed by atoms with Gasteiger partial charge < -0.3 is 14.4 Å². The molecule has 18 heavy (non-hydrogen) atoms. The second-order valence-corrected chi connectivity index (χ2v) is 3.83. The van der Waals surface area contributed by atoms with Crippen molar-refractivity contribution in [3.05, 3.63) is 17.7 Å². The molecule has 0 saturated carbocycles. The molecule has 1 heterocycles. The number of amides is 1. The smallest absolute Gasteiger partial charge is 0.229 e. The van der Waals surface area contributed by atoms with Crippen molar-refractivity contribution in [1.82, 2.24) is 9.88 Å². The first-order chi connectivity index (χ1) is 8.47. The van der Waals surface area contributed by atoms with E-state index in [-0.39, 0.29) is 29.9 Å². The molecule has 0 saturated heterocycles. The maximum Gasteiger partial charge on any atom is 0.229 e. The fraction of sp³-hybridized carbons (Fsp3) is 0.417. The molecular weight excluding hydrogens is 236 g/mol. The van der Waals surface area contributed by atoms with Crippen LogP contribution in [-0.4, -0.2) is 49.9 Å². The molecule has 0 aromatic carbocycles. The molecule has 6 heteroatoms. The van der Waals surface area contributed by atoms with Crippen LogP contribution in [0, 0.1) is 0 Å². The Balaban J connectivity index is 2.94. The summed E-state index contributed by atoms with van der Waals surface area (Å²) in [6.45, 7) is 0. The van der Waals surface area contributed by atoms with E-state index in [2.05, 4.69) is 4.98 Å². The van der Waals surface area contributed by atoms with Crippen LogP contribution in [-0.2, 0) is 4.79 Å². The number of methoxy groups -OCH3 is 2. The van der Waals surface area contributed by atoms with Crippen LogP contribution in [0.3, 0.4) is 0 Å². The number of carbonyl (C=O) groups excluding carboxylic acids is 2. The molecule has 6 nitrogen and oxygen atoms in total. The molecule has 0 N–H and O–H groups in total. The highest BCUT2D eigenvalue weighted by Crippen LogP contribution is 2.18. The Morgan fingerprint density at radius 3 is 2.06 bits per heavy atom. The van der Waals surface area contributed by atoms with Crippen LogP contribution in [0.4, 0.5) is 0 Å². The van der Waals surface area contributed by atoms with Crippen LogP contribution in [0.5, 0.6) is 11.8 Å². The molecule has 0 radical (unpaired) electrons. The van der Waals surface area contributed by atoms with Crippen LogP contribution in [0.2, 0.25) is 0 Å². The van der Waals surface area contributed by atoms with Crippen molar-refractivity contribution in [2.45, 2.75) is 6.42 Å². The lowest BCUT2D eigenvalue weighted by molar-refractivity contribution is -0.127. The Kier molecular flexibility index (Phi) is 4.65. The molecular formula is C12H16N2O4. The first-order valence-electron chi connectivity index (χ1n) is 5.31. The van der Waals surface area contributed by atoms with E-state index in [4.69, 9.17) is 9.47 Å². The quantitative estimate of drug-likeness (QED) is 0.571. The van der Waals surface area contributed by atoms with E-state index in [9.17, 15) is 9.59 Å². The van der Waals surface area contributed by atoms with Crippen molar-refractivity contribution >= 4 is 11.7 Å². The number of pyridine rings is 1. The molecule has 1 rings (SSSR count). The van der Waals surface area contributed by atoms with E-state index in [0.29, 0.717) is 5.56 Å². The van der Waals surface area contributed by atoms with Crippen LogP contribution in [0.15, 0.2) is 12.1 Å². The van der Waals surface area contributed by atoms with Gasteiger partial charge in [0.1, 0.15) is 0 Å². The fourth-order valence-corrected chi connectivity index (χ4v) is 1.25. The fourth-order valence-electron chi connectivity index (χ4n) is 1.25. The van der Waals surface area contributed by atoms with E-state index in [1.54, 1.807) is 14.1 Å². The number of hydrogen-bond acceptors (Lipinski definition) is 5. The van der Waals surface area contributed by atoms with E-state index < -0.39 is 0 Å². The Morgan fingerprint density at radius 1 is 1.17 bits per heavy atom. The Hall–Kier alpha value is -2.11. The molecule has 0 aliphatic heterocycles. The predicted octanol–water partition coefficient (Wildman–Crippen LogP) is 0.760. The maximum absolute atomic E-state index is 11.9. The molecule has 1 aromatic heterocycles. The minimum Gasteiger partial charge on any atom is -0.481 e. The zero-order valence-corrected chi connectivity index (χ0v) is 10.9. The molecule has 1 amide bonds. The van der Waals surface area contributed by atoms with Gasteiger partial charge in [-0.25, -0.2) is 0 Å². The van der Waals surface area contributed by atoms with Gasteiger partial charge in [-0.05, 0) is 0 Å². The average molecular weight is 252 g/mol. The number of hydrogen-bond donors (Lipinski definition) is 0. The average Bonchev–Trinajstić information content (AvgIpc) is 2.37. The van der Waals surface area contributed by atoms with Crippen molar-refractivity contribution in [3.63, 3.8) is 0 Å². The van der Waals surface area contributed by atoms with Gasteiger partial charge in [-0.3, -0.25) is 9.59 Å². The standard InChI is InChI=1S/C12H16N2O4/c1-14(2)12(16)7-9(15)8-5-10(17-3)13-11(6-8)18-4/h5-6H,7H2,1-4H3. The third-order valence-electron chi connectivity index (χ3n) is 2.33. The zero-order valence-electron chi connectivity index (χ0n) is 10.9. The second-order valence-electron chi connectivity index (χ2n) is 3.83. The van der Waals surface area contributed by atoms with Crippen molar-refractivity contribution in [2.75, 3.05) is 28.3 Å². The number of Topliss-reactive ketones (excluding diaryl/α,β-unsaturated/α-hetero) is 1. The highest BCUT2D eigenvalue weighted by atomic mass is 16.5. The van der Waals surface area contributed by atoms with Gasteiger partial charge in [0.2, 0.25) is 17.7 Å². The number of aromatic nitrogens is 1. The van der Waals surface area contributed by atoms with Gasteiger partial charge in [-0.2, -0.15) is 4.98 Å². The van der Waals surface area contributed by atoms with Crippen molar-refractivity contribution in [1.29, 1.82) is 0 Å². The number of ketones is 1. The van der Waals surface area contributed by atoms with Gasteiger partial charge in [0.05, 0.1) is 20.6 Å². The summed E-state index contributed by atoms with van der Waals surface area (Å²) >= 11 is 0. The molecule has 0 unspecified atom stereocenters. The van der Waals surface area contributed by atoms with E-state index in [1.165, 1.54) is 31.3 Å². The summed E-state index contributed by atoms with van der Waals surface area (Å²) in [7, 11) is 6.09. The molecule has 0 bridgehead atoms. The Bertz CT molecular complexity index is 435. The van der Waals surface area contributed by atoms with E-state index >= 15 is 0 Å². The number of rotatable bonds is 5. The summed E-state index contributed by atoms with van der Waals surface area (Å²) in [6.07, 6.45) is -0.191. The lowest BCUT2D eigenvalue weighted by Gasteiger charge is -2.10. The van der Waals surface area contributed by atoms with Gasteiger partial charge in [0.15, 0.2) is 5.78 Å². The molecule has 0 aliphatic rings. The van der Waals surface area contributed by atoms with Crippen molar-refractivity contribution < 1.29 is 19.1 Å². The van der Waals surface area contributed by atoms with Crippen LogP contribution in [0.1, 0.15) is 16.8 Å². The minimum absolute atomic E-state index is 0.191. The molecule has 0 spiro atoms. The van der Waals surface area contributed by atoms with E-state index in [1.807, 2.05) is 0 Å². The van der Waals surface area contributed by atoms with E-state index in [0.717, 1.165) is 0 Å². The van der Waals surface area contributed by atoms with Gasteiger partial charge in [0.25, 0.3) is 0 Å². The molecule has 0 fully saturated rings. The first-order valence-corrected chi connectivity index (χ1v) is 5.31. The highest BCUT2D eigenvalue weighted by molar-refractivity contribution is 6.07. The normalized spacial score (nSPS) is 9.78. The largest absolute Gasteiger partial charge is 0.481 e. The minimum atomic E-state index is -0.298. The molecule has 98 valence electrons. The van der Waals surface area contributed by atoms with Crippen LogP contribution in [0.25, 0.3) is 0 Å². The third kappa shape index (κ3) is 3.44. The van der Waals surface area contributed by atoms with Crippen LogP contribution < -0.4 is 9.47 Å². The second kappa shape index (κ2) is 6.00. The zero-order chi connectivity index (χ0) is 13.7. The van der Waals surface area contributed by atoms with Crippen LogP contribution >= 0.6 is 0 Å². The number of nitrogens with zero attached hydrogens (tertiary/aromatic N) is 2. The molecule has 0 atom stereocenters. The van der Waals surface area contributed by atoms with Gasteiger partial charge in [0, 0.05) is 31.8 Å².